The summed E-state index contributed by atoms with van der Waals surface area (Å²) < 4.78 is 32.2. The number of hydrogen-bond acceptors (Lipinski definition) is 3. The van der Waals surface area contributed by atoms with Gasteiger partial charge in [-0.3, -0.25) is 4.79 Å². The van der Waals surface area contributed by atoms with E-state index in [0.29, 0.717) is 12.5 Å². The lowest BCUT2D eigenvalue weighted by molar-refractivity contribution is -0.145. The number of carbonyl (C=O) groups is 1. The van der Waals surface area contributed by atoms with Gasteiger partial charge in [-0.05, 0) is 56.4 Å². The van der Waals surface area contributed by atoms with Crippen LogP contribution in [0.5, 0.6) is 0 Å². The first-order valence-electron chi connectivity index (χ1n) is 7.75. The molecule has 0 aliphatic carbocycles. The predicted octanol–water partition coefficient (Wildman–Crippen LogP) is 3.34. The van der Waals surface area contributed by atoms with Crippen molar-refractivity contribution in [2.45, 2.75) is 32.1 Å². The fourth-order valence-corrected chi connectivity index (χ4v) is 2.76. The molecule has 0 amide bonds. The van der Waals surface area contributed by atoms with Crippen LogP contribution in [0.25, 0.3) is 0 Å². The summed E-state index contributed by atoms with van der Waals surface area (Å²) in [4.78, 5) is 14.1. The average molecular weight is 311 g/mol. The van der Waals surface area contributed by atoms with Gasteiger partial charge in [0.2, 0.25) is 0 Å². The van der Waals surface area contributed by atoms with Crippen LogP contribution in [0.3, 0.4) is 0 Å². The second-order valence-corrected chi connectivity index (χ2v) is 6.18. The molecule has 0 bridgehead atoms. The molecule has 1 aliphatic rings. The first-order valence-corrected chi connectivity index (χ1v) is 7.75. The number of ether oxygens (including phenoxy) is 1. The van der Waals surface area contributed by atoms with Crippen LogP contribution in [0.4, 0.5) is 8.78 Å². The van der Waals surface area contributed by atoms with Gasteiger partial charge in [-0.1, -0.05) is 19.1 Å². The molecular weight excluding hydrogens is 288 g/mol. The van der Waals surface area contributed by atoms with E-state index in [1.165, 1.54) is 12.1 Å². The van der Waals surface area contributed by atoms with E-state index < -0.39 is 17.6 Å². The summed E-state index contributed by atoms with van der Waals surface area (Å²) >= 11 is 0. The van der Waals surface area contributed by atoms with Gasteiger partial charge >= 0.3 is 5.97 Å². The average Bonchev–Trinajstić information content (AvgIpc) is 2.49. The van der Waals surface area contributed by atoms with Crippen LogP contribution in [-0.2, 0) is 9.53 Å². The van der Waals surface area contributed by atoms with Gasteiger partial charge < -0.3 is 9.64 Å². The molecule has 2 rings (SSSR count). The summed E-state index contributed by atoms with van der Waals surface area (Å²) in [5, 5.41) is 0. The Labute approximate surface area is 130 Å². The second kappa shape index (κ2) is 7.68. The normalized spacial score (nSPS) is 18.2. The topological polar surface area (TPSA) is 29.5 Å². The number of piperidine rings is 1. The third kappa shape index (κ3) is 4.50. The van der Waals surface area contributed by atoms with E-state index in [0.717, 1.165) is 32.0 Å². The van der Waals surface area contributed by atoms with Crippen molar-refractivity contribution >= 4 is 5.97 Å². The Bertz CT molecular complexity index is 513. The molecule has 5 heteroatoms. The quantitative estimate of drug-likeness (QED) is 0.781. The predicted molar refractivity (Wildman–Crippen MR) is 80.6 cm³/mol. The van der Waals surface area contributed by atoms with Gasteiger partial charge in [0.25, 0.3) is 0 Å². The summed E-state index contributed by atoms with van der Waals surface area (Å²) in [6, 6.07) is 4.03. The molecule has 1 saturated heterocycles. The Morgan fingerprint density at radius 2 is 2.05 bits per heavy atom. The fraction of sp³-hybridized carbons (Fsp3) is 0.588. The molecule has 1 aromatic rings. The van der Waals surface area contributed by atoms with Crippen molar-refractivity contribution in [3.8, 4) is 0 Å². The maximum Gasteiger partial charge on any atom is 0.306 e. The van der Waals surface area contributed by atoms with Gasteiger partial charge in [0.1, 0.15) is 0 Å². The summed E-state index contributed by atoms with van der Waals surface area (Å²) in [7, 11) is 2.08. The van der Waals surface area contributed by atoms with Crippen molar-refractivity contribution in [1.82, 2.24) is 4.90 Å². The van der Waals surface area contributed by atoms with Crippen LogP contribution in [0, 0.1) is 17.6 Å². The second-order valence-electron chi connectivity index (χ2n) is 6.18. The molecule has 0 spiro atoms. The minimum atomic E-state index is -0.885. The highest BCUT2D eigenvalue weighted by atomic mass is 19.2. The van der Waals surface area contributed by atoms with Gasteiger partial charge in [0, 0.05) is 0 Å². The Balaban J connectivity index is 1.80. The molecule has 0 aromatic heterocycles. The maximum absolute atomic E-state index is 13.7. The third-order valence-electron chi connectivity index (χ3n) is 4.30. The number of esters is 1. The largest absolute Gasteiger partial charge is 0.465 e. The SMILES string of the molecule is CC(CC(=O)OCC1CCN(C)CC1)c1cccc(F)c1F. The van der Waals surface area contributed by atoms with Crippen LogP contribution in [0.15, 0.2) is 18.2 Å². The van der Waals surface area contributed by atoms with Gasteiger partial charge in [0.05, 0.1) is 13.0 Å². The molecule has 22 heavy (non-hydrogen) atoms. The first kappa shape index (κ1) is 16.9. The summed E-state index contributed by atoms with van der Waals surface area (Å²) in [5.74, 6) is -2.11. The molecule has 1 heterocycles. The first-order chi connectivity index (χ1) is 10.5. The number of hydrogen-bond donors (Lipinski definition) is 0. The Hall–Kier alpha value is -1.49. The highest BCUT2D eigenvalue weighted by Gasteiger charge is 2.21. The molecule has 122 valence electrons. The third-order valence-corrected chi connectivity index (χ3v) is 4.30. The molecule has 0 radical (unpaired) electrons. The fourth-order valence-electron chi connectivity index (χ4n) is 2.76. The molecule has 1 unspecified atom stereocenters. The Morgan fingerprint density at radius 1 is 1.36 bits per heavy atom. The Kier molecular flexibility index (Phi) is 5.89. The van der Waals surface area contributed by atoms with Gasteiger partial charge in [-0.25, -0.2) is 8.78 Å². The smallest absolute Gasteiger partial charge is 0.306 e. The molecule has 3 nitrogen and oxygen atoms in total. The summed E-state index contributed by atoms with van der Waals surface area (Å²) in [6.45, 7) is 4.17. The van der Waals surface area contributed by atoms with Crippen molar-refractivity contribution < 1.29 is 18.3 Å². The molecule has 1 aliphatic heterocycles. The number of likely N-dealkylation sites (tertiary alicyclic amines) is 1. The van der Waals surface area contributed by atoms with E-state index in [-0.39, 0.29) is 18.0 Å². The van der Waals surface area contributed by atoms with Crippen LogP contribution in [-0.4, -0.2) is 37.6 Å². The monoisotopic (exact) mass is 311 g/mol. The van der Waals surface area contributed by atoms with Crippen molar-refractivity contribution in [3.63, 3.8) is 0 Å². The minimum Gasteiger partial charge on any atom is -0.465 e. The van der Waals surface area contributed by atoms with Crippen molar-refractivity contribution in [2.24, 2.45) is 5.92 Å². The Morgan fingerprint density at radius 3 is 2.73 bits per heavy atom. The van der Waals surface area contributed by atoms with Crippen molar-refractivity contribution in [3.05, 3.63) is 35.4 Å². The summed E-state index contributed by atoms with van der Waals surface area (Å²) in [5.41, 5.74) is 0.219. The van der Waals surface area contributed by atoms with E-state index in [9.17, 15) is 13.6 Å². The zero-order valence-electron chi connectivity index (χ0n) is 13.1. The summed E-state index contributed by atoms with van der Waals surface area (Å²) in [6.07, 6.45) is 2.11. The van der Waals surface area contributed by atoms with Gasteiger partial charge in [-0.2, -0.15) is 0 Å². The zero-order chi connectivity index (χ0) is 16.1. The van der Waals surface area contributed by atoms with E-state index in [1.807, 2.05) is 0 Å². The van der Waals surface area contributed by atoms with Crippen LogP contribution < -0.4 is 0 Å². The zero-order valence-corrected chi connectivity index (χ0v) is 13.1. The number of halogens is 2. The molecular formula is C17H23F2NO2. The van der Waals surface area contributed by atoms with Crippen LogP contribution in [0.1, 0.15) is 37.7 Å². The lowest BCUT2D eigenvalue weighted by Gasteiger charge is -2.28. The highest BCUT2D eigenvalue weighted by Crippen LogP contribution is 2.24. The lowest BCUT2D eigenvalue weighted by Crippen LogP contribution is -2.32. The molecule has 1 atom stereocenters. The maximum atomic E-state index is 13.7. The number of nitrogens with zero attached hydrogens (tertiary/aromatic N) is 1. The minimum absolute atomic E-state index is 0.0625. The molecule has 0 N–H and O–H groups in total. The van der Waals surface area contributed by atoms with E-state index >= 15 is 0 Å². The van der Waals surface area contributed by atoms with E-state index in [2.05, 4.69) is 11.9 Å². The van der Waals surface area contributed by atoms with Crippen molar-refractivity contribution in [2.75, 3.05) is 26.7 Å². The van der Waals surface area contributed by atoms with Gasteiger partial charge in [-0.15, -0.1) is 0 Å². The number of benzene rings is 1. The van der Waals surface area contributed by atoms with Crippen LogP contribution >= 0.6 is 0 Å². The number of carbonyl (C=O) groups excluding carboxylic acids is 1. The molecule has 1 aromatic carbocycles. The van der Waals surface area contributed by atoms with Gasteiger partial charge in [0.15, 0.2) is 11.6 Å². The van der Waals surface area contributed by atoms with E-state index in [4.69, 9.17) is 4.74 Å². The standard InChI is InChI=1S/C17H23F2NO2/c1-12(14-4-3-5-15(18)17(14)19)10-16(21)22-11-13-6-8-20(2)9-7-13/h3-5,12-13H,6-11H2,1-2H3. The molecule has 1 fully saturated rings. The lowest BCUT2D eigenvalue weighted by atomic mass is 9.96. The van der Waals surface area contributed by atoms with Crippen LogP contribution in [0.2, 0.25) is 0 Å². The molecule has 0 saturated carbocycles. The highest BCUT2D eigenvalue weighted by molar-refractivity contribution is 5.70. The van der Waals surface area contributed by atoms with E-state index in [1.54, 1.807) is 6.92 Å². The van der Waals surface area contributed by atoms with Crippen molar-refractivity contribution in [1.29, 1.82) is 0 Å². The number of rotatable bonds is 5.